The van der Waals surface area contributed by atoms with Crippen LogP contribution in [0.25, 0.3) is 0 Å². The third-order valence-corrected chi connectivity index (χ3v) is 8.95. The van der Waals surface area contributed by atoms with Gasteiger partial charge in [0.15, 0.2) is 6.10 Å². The number of esters is 2. The first-order valence-corrected chi connectivity index (χ1v) is 20.5. The third-order valence-electron chi connectivity index (χ3n) is 8.95. The highest BCUT2D eigenvalue weighted by Gasteiger charge is 2.16. The van der Waals surface area contributed by atoms with Crippen LogP contribution in [0.4, 0.5) is 0 Å². The van der Waals surface area contributed by atoms with Crippen molar-refractivity contribution in [3.05, 3.63) is 36.5 Å². The fraction of sp³-hybridized carbons (Fsp3) is 0.814. The van der Waals surface area contributed by atoms with E-state index in [1.807, 2.05) is 0 Å². The summed E-state index contributed by atoms with van der Waals surface area (Å²) < 4.78 is 10.6. The largest absolute Gasteiger partial charge is 0.462 e. The maximum atomic E-state index is 12.2. The molecule has 1 atom stereocenters. The lowest BCUT2D eigenvalue weighted by molar-refractivity contribution is -0.161. The monoisotopic (exact) mass is 675 g/mol. The van der Waals surface area contributed by atoms with Crippen LogP contribution in [0.1, 0.15) is 206 Å². The van der Waals surface area contributed by atoms with Crippen molar-refractivity contribution in [2.75, 3.05) is 13.2 Å². The summed E-state index contributed by atoms with van der Waals surface area (Å²) in [5.74, 6) is -0.604. The number of ether oxygens (including phenoxy) is 2. The number of hydrogen-bond acceptors (Lipinski definition) is 5. The highest BCUT2D eigenvalue weighted by Crippen LogP contribution is 2.15. The molecule has 0 aliphatic carbocycles. The van der Waals surface area contributed by atoms with Crippen LogP contribution in [0, 0.1) is 0 Å². The average Bonchev–Trinajstić information content (AvgIpc) is 3.09. The van der Waals surface area contributed by atoms with Gasteiger partial charge in [0.05, 0.1) is 6.61 Å². The normalized spacial score (nSPS) is 12.5. The summed E-state index contributed by atoms with van der Waals surface area (Å²) in [7, 11) is 0. The van der Waals surface area contributed by atoms with Gasteiger partial charge in [-0.3, -0.25) is 9.59 Å². The molecular formula is C43H78O5. The van der Waals surface area contributed by atoms with E-state index in [0.29, 0.717) is 12.8 Å². The van der Waals surface area contributed by atoms with Crippen molar-refractivity contribution in [3.63, 3.8) is 0 Å². The Labute approximate surface area is 297 Å². The molecule has 5 nitrogen and oxygen atoms in total. The molecule has 48 heavy (non-hydrogen) atoms. The van der Waals surface area contributed by atoms with E-state index in [1.54, 1.807) is 0 Å². The van der Waals surface area contributed by atoms with Gasteiger partial charge >= 0.3 is 11.9 Å². The molecule has 0 aromatic carbocycles. The molecule has 0 heterocycles. The Hall–Kier alpha value is -1.88. The SMILES string of the molecule is CCC=CCC=CCC=CCCCCCCCC(=O)OC[C@H](CO)OC(=O)CCCCCCCCCCCCCCCCCCCCC. The highest BCUT2D eigenvalue weighted by atomic mass is 16.6. The smallest absolute Gasteiger partial charge is 0.306 e. The molecule has 0 spiro atoms. The summed E-state index contributed by atoms with van der Waals surface area (Å²) in [6.07, 6.45) is 47.8. The number of aliphatic hydroxyl groups excluding tert-OH is 1. The second kappa shape index (κ2) is 39.6. The Kier molecular flexibility index (Phi) is 38.0. The predicted molar refractivity (Wildman–Crippen MR) is 205 cm³/mol. The molecule has 0 fully saturated rings. The predicted octanol–water partition coefficient (Wildman–Crippen LogP) is 12.8. The minimum atomic E-state index is -0.775. The van der Waals surface area contributed by atoms with Gasteiger partial charge in [0.2, 0.25) is 0 Å². The molecule has 5 heteroatoms. The summed E-state index contributed by atoms with van der Waals surface area (Å²) >= 11 is 0. The van der Waals surface area contributed by atoms with Gasteiger partial charge in [0, 0.05) is 12.8 Å². The van der Waals surface area contributed by atoms with Crippen molar-refractivity contribution in [2.24, 2.45) is 0 Å². The van der Waals surface area contributed by atoms with E-state index in [2.05, 4.69) is 50.3 Å². The minimum Gasteiger partial charge on any atom is -0.462 e. The summed E-state index contributed by atoms with van der Waals surface area (Å²) in [5.41, 5.74) is 0. The fourth-order valence-corrected chi connectivity index (χ4v) is 5.86. The zero-order chi connectivity index (χ0) is 35.0. The summed E-state index contributed by atoms with van der Waals surface area (Å²) in [6, 6.07) is 0. The first kappa shape index (κ1) is 46.1. The third kappa shape index (κ3) is 36.9. The molecule has 1 N–H and O–H groups in total. The van der Waals surface area contributed by atoms with Gasteiger partial charge in [-0.05, 0) is 44.9 Å². The van der Waals surface area contributed by atoms with E-state index in [1.165, 1.54) is 116 Å². The van der Waals surface area contributed by atoms with Gasteiger partial charge in [-0.1, -0.05) is 185 Å². The van der Waals surface area contributed by atoms with Crippen molar-refractivity contribution in [1.29, 1.82) is 0 Å². The lowest BCUT2D eigenvalue weighted by Gasteiger charge is -2.15. The Bertz CT molecular complexity index is 771. The summed E-state index contributed by atoms with van der Waals surface area (Å²) in [4.78, 5) is 24.3. The molecule has 0 unspecified atom stereocenters. The Balaban J connectivity index is 3.53. The van der Waals surface area contributed by atoms with Crippen LogP contribution >= 0.6 is 0 Å². The van der Waals surface area contributed by atoms with Gasteiger partial charge < -0.3 is 14.6 Å². The second-order valence-corrected chi connectivity index (χ2v) is 13.7. The number of unbranched alkanes of at least 4 members (excludes halogenated alkanes) is 23. The number of carbonyl (C=O) groups is 2. The van der Waals surface area contributed by atoms with Crippen molar-refractivity contribution < 1.29 is 24.2 Å². The average molecular weight is 675 g/mol. The second-order valence-electron chi connectivity index (χ2n) is 13.7. The van der Waals surface area contributed by atoms with Gasteiger partial charge in [-0.15, -0.1) is 0 Å². The standard InChI is InChI=1S/C43H78O5/c1-3-5-7-9-11-13-15-17-19-20-21-22-24-26-28-30-32-34-36-38-43(46)48-41(39-44)40-47-42(45)37-35-33-31-29-27-25-23-18-16-14-12-10-8-6-4-2/h6,8,12,14,18,23,41,44H,3-5,7,9-11,13,15-17,19-22,24-40H2,1-2H3/t41-/m0/s1. The maximum absolute atomic E-state index is 12.2. The zero-order valence-electron chi connectivity index (χ0n) is 31.7. The molecule has 0 amide bonds. The number of aliphatic hydroxyl groups is 1. The molecule has 280 valence electrons. The van der Waals surface area contributed by atoms with E-state index in [-0.39, 0.29) is 25.2 Å². The van der Waals surface area contributed by atoms with Crippen LogP contribution < -0.4 is 0 Å². The Morgan fingerprint density at radius 3 is 1.35 bits per heavy atom. The molecule has 0 aliphatic rings. The lowest BCUT2D eigenvalue weighted by atomic mass is 10.0. The van der Waals surface area contributed by atoms with Crippen molar-refractivity contribution in [3.8, 4) is 0 Å². The molecule has 0 rings (SSSR count). The zero-order valence-corrected chi connectivity index (χ0v) is 31.7. The molecule has 0 radical (unpaired) electrons. The Morgan fingerprint density at radius 2 is 0.896 bits per heavy atom. The first-order valence-electron chi connectivity index (χ1n) is 20.5. The molecule has 0 aliphatic heterocycles. The highest BCUT2D eigenvalue weighted by molar-refractivity contribution is 5.70. The van der Waals surface area contributed by atoms with Gasteiger partial charge in [0.25, 0.3) is 0 Å². The minimum absolute atomic E-state index is 0.0722. The van der Waals surface area contributed by atoms with Crippen molar-refractivity contribution >= 4 is 11.9 Å². The first-order chi connectivity index (χ1) is 23.6. The van der Waals surface area contributed by atoms with Crippen molar-refractivity contribution in [2.45, 2.75) is 213 Å². The summed E-state index contributed by atoms with van der Waals surface area (Å²) in [6.45, 7) is 4.02. The van der Waals surface area contributed by atoms with Crippen LogP contribution in [-0.2, 0) is 19.1 Å². The van der Waals surface area contributed by atoms with Gasteiger partial charge in [-0.25, -0.2) is 0 Å². The van der Waals surface area contributed by atoms with Gasteiger partial charge in [-0.2, -0.15) is 0 Å². The van der Waals surface area contributed by atoms with Gasteiger partial charge in [0.1, 0.15) is 6.61 Å². The molecular weight excluding hydrogens is 596 g/mol. The van der Waals surface area contributed by atoms with Crippen LogP contribution in [0.3, 0.4) is 0 Å². The van der Waals surface area contributed by atoms with Crippen LogP contribution in [-0.4, -0.2) is 36.4 Å². The number of allylic oxidation sites excluding steroid dienone is 6. The number of carbonyl (C=O) groups excluding carboxylic acids is 2. The quantitative estimate of drug-likeness (QED) is 0.0403. The molecule has 0 saturated heterocycles. The molecule has 0 aromatic rings. The van der Waals surface area contributed by atoms with Crippen molar-refractivity contribution in [1.82, 2.24) is 0 Å². The van der Waals surface area contributed by atoms with E-state index in [0.717, 1.165) is 64.2 Å². The summed E-state index contributed by atoms with van der Waals surface area (Å²) in [5, 5.41) is 9.56. The molecule has 0 saturated carbocycles. The van der Waals surface area contributed by atoms with E-state index in [9.17, 15) is 14.7 Å². The van der Waals surface area contributed by atoms with E-state index in [4.69, 9.17) is 9.47 Å². The van der Waals surface area contributed by atoms with E-state index < -0.39 is 6.10 Å². The van der Waals surface area contributed by atoms with E-state index >= 15 is 0 Å². The molecule has 0 bridgehead atoms. The number of hydrogen-bond donors (Lipinski definition) is 1. The number of rotatable bonds is 37. The fourth-order valence-electron chi connectivity index (χ4n) is 5.86. The topological polar surface area (TPSA) is 72.8 Å². The maximum Gasteiger partial charge on any atom is 0.306 e. The molecule has 0 aromatic heterocycles. The lowest BCUT2D eigenvalue weighted by Crippen LogP contribution is -2.28. The van der Waals surface area contributed by atoms with Crippen LogP contribution in [0.5, 0.6) is 0 Å². The Morgan fingerprint density at radius 1 is 0.500 bits per heavy atom. The van der Waals surface area contributed by atoms with Crippen LogP contribution in [0.15, 0.2) is 36.5 Å². The van der Waals surface area contributed by atoms with Crippen LogP contribution in [0.2, 0.25) is 0 Å².